The standard InChI is InChI=1S/C11H24N2O3/c1-9(2)13(5-6-15-3)11(14)7-10(8-12)16-4/h9-10H,5-8,12H2,1-4H3. The summed E-state index contributed by atoms with van der Waals surface area (Å²) in [4.78, 5) is 13.7. The Bertz CT molecular complexity index is 194. The zero-order valence-electron chi connectivity index (χ0n) is 10.7. The summed E-state index contributed by atoms with van der Waals surface area (Å²) in [7, 11) is 3.19. The van der Waals surface area contributed by atoms with E-state index in [-0.39, 0.29) is 18.1 Å². The largest absolute Gasteiger partial charge is 0.383 e. The first-order valence-electron chi connectivity index (χ1n) is 5.58. The molecule has 0 saturated heterocycles. The van der Waals surface area contributed by atoms with E-state index in [1.165, 1.54) is 0 Å². The van der Waals surface area contributed by atoms with Crippen LogP contribution < -0.4 is 5.73 Å². The minimum absolute atomic E-state index is 0.0596. The molecule has 0 aliphatic heterocycles. The molecule has 5 nitrogen and oxygen atoms in total. The summed E-state index contributed by atoms with van der Waals surface area (Å²) in [5.41, 5.74) is 5.49. The molecule has 0 fully saturated rings. The van der Waals surface area contributed by atoms with E-state index >= 15 is 0 Å². The lowest BCUT2D eigenvalue weighted by Crippen LogP contribution is -2.41. The molecule has 0 spiro atoms. The van der Waals surface area contributed by atoms with Gasteiger partial charge in [0, 0.05) is 33.4 Å². The summed E-state index contributed by atoms with van der Waals surface area (Å²) >= 11 is 0. The number of carbonyl (C=O) groups excluding carboxylic acids is 1. The molecule has 0 radical (unpaired) electrons. The Morgan fingerprint density at radius 2 is 2.00 bits per heavy atom. The van der Waals surface area contributed by atoms with E-state index in [4.69, 9.17) is 15.2 Å². The van der Waals surface area contributed by atoms with Crippen LogP contribution in [-0.4, -0.2) is 56.9 Å². The molecule has 16 heavy (non-hydrogen) atoms. The van der Waals surface area contributed by atoms with Gasteiger partial charge in [0.25, 0.3) is 0 Å². The first-order chi connectivity index (χ1) is 7.56. The van der Waals surface area contributed by atoms with Gasteiger partial charge >= 0.3 is 0 Å². The van der Waals surface area contributed by atoms with Gasteiger partial charge in [-0.15, -0.1) is 0 Å². The predicted octanol–water partition coefficient (Wildman–Crippen LogP) is 0.234. The number of ether oxygens (including phenoxy) is 2. The Kier molecular flexibility index (Phi) is 8.15. The van der Waals surface area contributed by atoms with E-state index in [1.807, 2.05) is 13.8 Å². The molecule has 1 amide bonds. The van der Waals surface area contributed by atoms with E-state index in [0.717, 1.165) is 0 Å². The average Bonchev–Trinajstić information content (AvgIpc) is 2.25. The zero-order chi connectivity index (χ0) is 12.6. The van der Waals surface area contributed by atoms with Gasteiger partial charge in [-0.1, -0.05) is 0 Å². The summed E-state index contributed by atoms with van der Waals surface area (Å²) in [5, 5.41) is 0. The van der Waals surface area contributed by atoms with Crippen LogP contribution in [0.25, 0.3) is 0 Å². The third-order valence-electron chi connectivity index (χ3n) is 2.48. The number of nitrogens with two attached hydrogens (primary N) is 1. The topological polar surface area (TPSA) is 64.8 Å². The Balaban J connectivity index is 4.26. The summed E-state index contributed by atoms with van der Waals surface area (Å²) in [6, 6.07) is 0.165. The second kappa shape index (κ2) is 8.50. The van der Waals surface area contributed by atoms with Crippen LogP contribution in [-0.2, 0) is 14.3 Å². The predicted molar refractivity (Wildman–Crippen MR) is 63.2 cm³/mol. The second-order valence-electron chi connectivity index (χ2n) is 3.97. The van der Waals surface area contributed by atoms with Gasteiger partial charge in [0.1, 0.15) is 0 Å². The van der Waals surface area contributed by atoms with Crippen molar-refractivity contribution >= 4 is 5.91 Å². The highest BCUT2D eigenvalue weighted by molar-refractivity contribution is 5.77. The van der Waals surface area contributed by atoms with Crippen molar-refractivity contribution in [3.8, 4) is 0 Å². The molecule has 0 aromatic carbocycles. The van der Waals surface area contributed by atoms with Crippen molar-refractivity contribution in [2.45, 2.75) is 32.4 Å². The van der Waals surface area contributed by atoms with Crippen LogP contribution in [0.15, 0.2) is 0 Å². The number of rotatable bonds is 8. The van der Waals surface area contributed by atoms with E-state index in [2.05, 4.69) is 0 Å². The summed E-state index contributed by atoms with van der Waals surface area (Å²) in [6.45, 7) is 5.48. The lowest BCUT2D eigenvalue weighted by atomic mass is 10.2. The maximum absolute atomic E-state index is 12.0. The number of hydrogen-bond acceptors (Lipinski definition) is 4. The van der Waals surface area contributed by atoms with Gasteiger partial charge in [0.2, 0.25) is 5.91 Å². The Morgan fingerprint density at radius 3 is 2.38 bits per heavy atom. The molecule has 0 saturated carbocycles. The number of hydrogen-bond donors (Lipinski definition) is 1. The Labute approximate surface area is 97.9 Å². The third kappa shape index (κ3) is 5.44. The number of methoxy groups -OCH3 is 2. The minimum atomic E-state index is -0.198. The van der Waals surface area contributed by atoms with Crippen LogP contribution in [0.1, 0.15) is 20.3 Å². The van der Waals surface area contributed by atoms with Crippen LogP contribution in [0.2, 0.25) is 0 Å². The fraction of sp³-hybridized carbons (Fsp3) is 0.909. The third-order valence-corrected chi connectivity index (χ3v) is 2.48. The smallest absolute Gasteiger partial charge is 0.225 e. The van der Waals surface area contributed by atoms with Gasteiger partial charge in [-0.25, -0.2) is 0 Å². The molecular formula is C11H24N2O3. The quantitative estimate of drug-likeness (QED) is 0.651. The van der Waals surface area contributed by atoms with Gasteiger partial charge in [0.15, 0.2) is 0 Å². The summed E-state index contributed by atoms with van der Waals surface area (Å²) in [5.74, 6) is 0.0596. The molecule has 0 aromatic rings. The number of carbonyl (C=O) groups is 1. The molecule has 0 aromatic heterocycles. The van der Waals surface area contributed by atoms with Crippen molar-refractivity contribution in [2.75, 3.05) is 33.9 Å². The fourth-order valence-corrected chi connectivity index (χ4v) is 1.44. The molecule has 0 bridgehead atoms. The van der Waals surface area contributed by atoms with Gasteiger partial charge in [0.05, 0.1) is 19.1 Å². The van der Waals surface area contributed by atoms with Gasteiger partial charge < -0.3 is 20.1 Å². The van der Waals surface area contributed by atoms with Crippen molar-refractivity contribution in [1.82, 2.24) is 4.90 Å². The SMILES string of the molecule is COCCN(C(=O)CC(CN)OC)C(C)C. The lowest BCUT2D eigenvalue weighted by Gasteiger charge is -2.27. The average molecular weight is 232 g/mol. The van der Waals surface area contributed by atoms with Crippen molar-refractivity contribution in [1.29, 1.82) is 0 Å². The van der Waals surface area contributed by atoms with Gasteiger partial charge in [-0.2, -0.15) is 0 Å². The van der Waals surface area contributed by atoms with E-state index in [9.17, 15) is 4.79 Å². The lowest BCUT2D eigenvalue weighted by molar-refractivity contribution is -0.136. The molecule has 0 aliphatic carbocycles. The molecule has 5 heteroatoms. The first-order valence-corrected chi connectivity index (χ1v) is 5.58. The van der Waals surface area contributed by atoms with Crippen molar-refractivity contribution < 1.29 is 14.3 Å². The molecule has 0 aliphatic rings. The molecule has 1 atom stereocenters. The van der Waals surface area contributed by atoms with Crippen LogP contribution in [0.4, 0.5) is 0 Å². The summed E-state index contributed by atoms with van der Waals surface area (Å²) < 4.78 is 10.1. The molecule has 96 valence electrons. The highest BCUT2D eigenvalue weighted by Gasteiger charge is 2.20. The number of nitrogens with zero attached hydrogens (tertiary/aromatic N) is 1. The maximum Gasteiger partial charge on any atom is 0.225 e. The normalized spacial score (nSPS) is 12.9. The first kappa shape index (κ1) is 15.3. The molecule has 1 unspecified atom stereocenters. The van der Waals surface area contributed by atoms with E-state index in [1.54, 1.807) is 19.1 Å². The maximum atomic E-state index is 12.0. The second-order valence-corrected chi connectivity index (χ2v) is 3.97. The fourth-order valence-electron chi connectivity index (χ4n) is 1.44. The van der Waals surface area contributed by atoms with Crippen LogP contribution in [0.5, 0.6) is 0 Å². The molecule has 2 N–H and O–H groups in total. The van der Waals surface area contributed by atoms with E-state index < -0.39 is 0 Å². The van der Waals surface area contributed by atoms with Crippen LogP contribution >= 0.6 is 0 Å². The highest BCUT2D eigenvalue weighted by Crippen LogP contribution is 2.05. The zero-order valence-corrected chi connectivity index (χ0v) is 10.7. The monoisotopic (exact) mass is 232 g/mol. The van der Waals surface area contributed by atoms with E-state index in [0.29, 0.717) is 26.1 Å². The van der Waals surface area contributed by atoms with Gasteiger partial charge in [-0.05, 0) is 13.8 Å². The summed E-state index contributed by atoms with van der Waals surface area (Å²) in [6.07, 6.45) is 0.130. The van der Waals surface area contributed by atoms with Crippen molar-refractivity contribution in [3.63, 3.8) is 0 Å². The molecule has 0 rings (SSSR count). The van der Waals surface area contributed by atoms with Crippen LogP contribution in [0.3, 0.4) is 0 Å². The van der Waals surface area contributed by atoms with Crippen molar-refractivity contribution in [2.24, 2.45) is 5.73 Å². The Morgan fingerprint density at radius 1 is 1.38 bits per heavy atom. The minimum Gasteiger partial charge on any atom is -0.383 e. The molecule has 0 heterocycles. The van der Waals surface area contributed by atoms with Crippen molar-refractivity contribution in [3.05, 3.63) is 0 Å². The highest BCUT2D eigenvalue weighted by atomic mass is 16.5. The number of amides is 1. The van der Waals surface area contributed by atoms with Crippen LogP contribution in [0, 0.1) is 0 Å². The Hall–Kier alpha value is -0.650. The van der Waals surface area contributed by atoms with Gasteiger partial charge in [-0.3, -0.25) is 4.79 Å². The molecular weight excluding hydrogens is 208 g/mol.